The van der Waals surface area contributed by atoms with Crippen LogP contribution in [0.4, 0.5) is 0 Å². The van der Waals surface area contributed by atoms with Crippen molar-refractivity contribution in [2.75, 3.05) is 39.9 Å². The Hall–Kier alpha value is -2.54. The van der Waals surface area contributed by atoms with Crippen molar-refractivity contribution in [1.82, 2.24) is 24.8 Å². The van der Waals surface area contributed by atoms with Crippen LogP contribution in [-0.2, 0) is 17.6 Å². The van der Waals surface area contributed by atoms with Crippen LogP contribution in [0.5, 0.6) is 0 Å². The topological polar surface area (TPSA) is 54.7 Å². The summed E-state index contributed by atoms with van der Waals surface area (Å²) in [6, 6.07) is 11.4. The zero-order valence-electron chi connectivity index (χ0n) is 19.8. The lowest BCUT2D eigenvalue weighted by molar-refractivity contribution is 0.121. The lowest BCUT2D eigenvalue weighted by Gasteiger charge is -2.32. The van der Waals surface area contributed by atoms with Gasteiger partial charge in [0.15, 0.2) is 5.65 Å². The minimum absolute atomic E-state index is 0.427. The number of benzene rings is 1. The molecule has 0 radical (unpaired) electrons. The van der Waals surface area contributed by atoms with Crippen LogP contribution in [0.3, 0.4) is 0 Å². The van der Waals surface area contributed by atoms with E-state index in [2.05, 4.69) is 73.5 Å². The summed E-state index contributed by atoms with van der Waals surface area (Å²) in [6.07, 6.45) is 6.25. The Morgan fingerprint density at radius 1 is 1.22 bits per heavy atom. The fourth-order valence-electron chi connectivity index (χ4n) is 4.54. The largest absolute Gasteiger partial charge is 0.383 e. The molecule has 0 spiro atoms. The molecule has 1 N–H and O–H groups in total. The molecule has 0 aliphatic carbocycles. The molecule has 1 saturated heterocycles. The molecule has 1 atom stereocenters. The third kappa shape index (κ3) is 5.26. The molecule has 6 nitrogen and oxygen atoms in total. The molecule has 1 aliphatic heterocycles. The Bertz CT molecular complexity index is 1070. The molecule has 1 fully saturated rings. The first-order valence-electron chi connectivity index (χ1n) is 11.6. The number of methoxy groups -OCH3 is 1. The van der Waals surface area contributed by atoms with E-state index in [1.54, 1.807) is 7.11 Å². The average molecular weight is 434 g/mol. The van der Waals surface area contributed by atoms with Crippen LogP contribution in [0, 0.1) is 13.8 Å². The van der Waals surface area contributed by atoms with E-state index in [9.17, 15) is 0 Å². The molecule has 3 heterocycles. The summed E-state index contributed by atoms with van der Waals surface area (Å²) >= 11 is 0. The minimum atomic E-state index is 0.427. The lowest BCUT2D eigenvalue weighted by atomic mass is 10.0. The Labute approximate surface area is 191 Å². The van der Waals surface area contributed by atoms with E-state index in [0.717, 1.165) is 68.4 Å². The van der Waals surface area contributed by atoms with Gasteiger partial charge in [0.2, 0.25) is 0 Å². The van der Waals surface area contributed by atoms with Gasteiger partial charge >= 0.3 is 0 Å². The highest BCUT2D eigenvalue weighted by molar-refractivity contribution is 5.55. The molecule has 1 unspecified atom stereocenters. The normalized spacial score (nSPS) is 17.6. The molecule has 0 bridgehead atoms. The van der Waals surface area contributed by atoms with Crippen LogP contribution in [0.2, 0.25) is 0 Å². The first-order valence-corrected chi connectivity index (χ1v) is 11.6. The van der Waals surface area contributed by atoms with Crippen molar-refractivity contribution in [2.45, 2.75) is 39.7 Å². The maximum atomic E-state index is 5.29. The molecule has 0 amide bonds. The van der Waals surface area contributed by atoms with E-state index in [4.69, 9.17) is 14.8 Å². The van der Waals surface area contributed by atoms with E-state index in [1.807, 2.05) is 4.52 Å². The summed E-state index contributed by atoms with van der Waals surface area (Å²) in [5, 5.41) is 8.32. The number of rotatable bonds is 8. The monoisotopic (exact) mass is 433 g/mol. The molecular weight excluding hydrogens is 398 g/mol. The van der Waals surface area contributed by atoms with Crippen molar-refractivity contribution < 1.29 is 4.74 Å². The van der Waals surface area contributed by atoms with Crippen LogP contribution < -0.4 is 5.32 Å². The molecule has 2 aromatic heterocycles. The molecule has 1 aliphatic rings. The van der Waals surface area contributed by atoms with Gasteiger partial charge in [-0.15, -0.1) is 0 Å². The maximum Gasteiger partial charge on any atom is 0.159 e. The molecule has 32 heavy (non-hydrogen) atoms. The second-order valence-electron chi connectivity index (χ2n) is 8.74. The maximum absolute atomic E-state index is 5.29. The third-order valence-corrected chi connectivity index (χ3v) is 6.15. The lowest BCUT2D eigenvalue weighted by Crippen LogP contribution is -2.52. The molecule has 170 valence electrons. The fraction of sp³-hybridized carbons (Fsp3) is 0.462. The van der Waals surface area contributed by atoms with E-state index in [-0.39, 0.29) is 0 Å². The molecule has 4 rings (SSSR count). The van der Waals surface area contributed by atoms with E-state index in [0.29, 0.717) is 6.04 Å². The number of hydrogen-bond acceptors (Lipinski definition) is 5. The highest BCUT2D eigenvalue weighted by Gasteiger charge is 2.18. The second kappa shape index (κ2) is 10.4. The molecule has 3 aromatic rings. The van der Waals surface area contributed by atoms with Gasteiger partial charge in [-0.2, -0.15) is 5.10 Å². The fourth-order valence-corrected chi connectivity index (χ4v) is 4.54. The van der Waals surface area contributed by atoms with Crippen molar-refractivity contribution in [1.29, 1.82) is 0 Å². The zero-order chi connectivity index (χ0) is 22.5. The minimum Gasteiger partial charge on any atom is -0.383 e. The smallest absolute Gasteiger partial charge is 0.159 e. The summed E-state index contributed by atoms with van der Waals surface area (Å²) in [5.41, 5.74) is 8.07. The molecular formula is C26H35N5O. The first-order chi connectivity index (χ1) is 15.6. The third-order valence-electron chi connectivity index (χ3n) is 6.15. The first kappa shape index (κ1) is 22.6. The average Bonchev–Trinajstić information content (AvgIpc) is 3.13. The van der Waals surface area contributed by atoms with Crippen molar-refractivity contribution >= 4 is 11.7 Å². The Morgan fingerprint density at radius 2 is 2.03 bits per heavy atom. The number of aryl methyl sites for hydroxylation is 3. The number of nitrogens with one attached hydrogen (secondary N) is 1. The van der Waals surface area contributed by atoms with Crippen molar-refractivity contribution in [2.24, 2.45) is 0 Å². The van der Waals surface area contributed by atoms with Gasteiger partial charge in [-0.3, -0.25) is 4.90 Å². The van der Waals surface area contributed by atoms with Gasteiger partial charge in [0.05, 0.1) is 12.3 Å². The summed E-state index contributed by atoms with van der Waals surface area (Å²) in [7, 11) is 1.77. The van der Waals surface area contributed by atoms with Gasteiger partial charge in [0.1, 0.15) is 0 Å². The van der Waals surface area contributed by atoms with Gasteiger partial charge < -0.3 is 10.1 Å². The van der Waals surface area contributed by atoms with Crippen LogP contribution in [-0.4, -0.2) is 65.4 Å². The van der Waals surface area contributed by atoms with Crippen LogP contribution in [0.15, 0.2) is 36.4 Å². The van der Waals surface area contributed by atoms with Gasteiger partial charge in [0.25, 0.3) is 0 Å². The number of piperazine rings is 1. The van der Waals surface area contributed by atoms with Gasteiger partial charge in [-0.1, -0.05) is 43.3 Å². The summed E-state index contributed by atoms with van der Waals surface area (Å²) in [5.74, 6) is 0. The van der Waals surface area contributed by atoms with Crippen LogP contribution in [0.1, 0.15) is 40.7 Å². The van der Waals surface area contributed by atoms with Crippen molar-refractivity contribution in [3.05, 3.63) is 70.2 Å². The highest BCUT2D eigenvalue weighted by Crippen LogP contribution is 2.21. The quantitative estimate of drug-likeness (QED) is 0.590. The van der Waals surface area contributed by atoms with Gasteiger partial charge in [0, 0.05) is 62.7 Å². The van der Waals surface area contributed by atoms with E-state index in [1.165, 1.54) is 16.7 Å². The number of ether oxygens (including phenoxy) is 1. The number of hydrogen-bond donors (Lipinski definition) is 1. The Morgan fingerprint density at radius 3 is 2.78 bits per heavy atom. The Balaban J connectivity index is 1.42. The van der Waals surface area contributed by atoms with Crippen molar-refractivity contribution in [3.63, 3.8) is 0 Å². The van der Waals surface area contributed by atoms with Gasteiger partial charge in [-0.25, -0.2) is 9.50 Å². The second-order valence-corrected chi connectivity index (χ2v) is 8.74. The highest BCUT2D eigenvalue weighted by atomic mass is 16.5. The molecule has 0 saturated carbocycles. The van der Waals surface area contributed by atoms with E-state index >= 15 is 0 Å². The Kier molecular flexibility index (Phi) is 7.35. The van der Waals surface area contributed by atoms with Crippen molar-refractivity contribution in [3.8, 4) is 0 Å². The standard InChI is InChI=1S/C26H35N5O/c1-5-25-24(26-28-19(2)15-20(3)31(26)29-25)16-22-10-8-21(9-11-22)7-6-13-30-14-12-27-23(17-30)18-32-4/h6-11,15,23,27H,5,12-14,16-18H2,1-4H3/b7-6+. The molecule has 1 aromatic carbocycles. The number of fused-ring (bicyclic) bond motifs is 1. The summed E-state index contributed by atoms with van der Waals surface area (Å²) in [4.78, 5) is 7.26. The van der Waals surface area contributed by atoms with E-state index < -0.39 is 0 Å². The zero-order valence-corrected chi connectivity index (χ0v) is 19.8. The summed E-state index contributed by atoms with van der Waals surface area (Å²) < 4.78 is 7.28. The van der Waals surface area contributed by atoms with Crippen LogP contribution in [0.25, 0.3) is 11.7 Å². The molecule has 6 heteroatoms. The SMILES string of the molecule is CCc1nn2c(C)cc(C)nc2c1Cc1ccc(/C=C/CN2CCNC(COC)C2)cc1. The van der Waals surface area contributed by atoms with Crippen LogP contribution >= 0.6 is 0 Å². The number of nitrogens with zero attached hydrogens (tertiary/aromatic N) is 4. The summed E-state index contributed by atoms with van der Waals surface area (Å²) in [6.45, 7) is 11.2. The predicted molar refractivity (Wildman–Crippen MR) is 130 cm³/mol. The predicted octanol–water partition coefficient (Wildman–Crippen LogP) is 3.43. The number of aromatic nitrogens is 3. The van der Waals surface area contributed by atoms with Gasteiger partial charge in [-0.05, 0) is 37.5 Å².